The molecule has 5 nitrogen and oxygen atoms in total. The van der Waals surface area contributed by atoms with E-state index in [4.69, 9.17) is 21.0 Å². The summed E-state index contributed by atoms with van der Waals surface area (Å²) in [7, 11) is 0. The first-order valence-electron chi connectivity index (χ1n) is 5.30. The van der Waals surface area contributed by atoms with Crippen LogP contribution in [0.3, 0.4) is 0 Å². The normalized spacial score (nSPS) is 18.6. The molecule has 1 aliphatic heterocycles. The molecule has 0 bridgehead atoms. The zero-order valence-corrected chi connectivity index (χ0v) is 10.0. The first-order valence-corrected chi connectivity index (χ1v) is 6.12. The van der Waals surface area contributed by atoms with Crippen molar-refractivity contribution >= 4 is 22.0 Å². The maximum atomic E-state index is 9.00. The maximum Gasteiger partial charge on any atom is 0.131 e. The van der Waals surface area contributed by atoms with E-state index in [1.165, 1.54) is 11.3 Å². The number of hydrogen-bond acceptors (Lipinski definition) is 6. The first-order chi connectivity index (χ1) is 8.26. The molecule has 3 N–H and O–H groups in total. The molecule has 1 aromatic rings. The van der Waals surface area contributed by atoms with Crippen LogP contribution in [0, 0.1) is 28.6 Å². The summed E-state index contributed by atoms with van der Waals surface area (Å²) >= 11 is 1.23. The van der Waals surface area contributed by atoms with Crippen molar-refractivity contribution in [2.45, 2.75) is 6.42 Å². The molecule has 0 amide bonds. The molecule has 1 saturated heterocycles. The molecule has 17 heavy (non-hydrogen) atoms. The number of nitrogen functional groups attached to an aromatic ring is 1. The predicted octanol–water partition coefficient (Wildman–Crippen LogP) is 1.52. The van der Waals surface area contributed by atoms with Crippen molar-refractivity contribution < 1.29 is 4.74 Å². The molecule has 2 rings (SSSR count). The molecule has 0 aliphatic carbocycles. The largest absolute Gasteiger partial charge is 0.396 e. The lowest BCUT2D eigenvalue weighted by molar-refractivity contribution is 0.187. The van der Waals surface area contributed by atoms with Crippen LogP contribution >= 0.6 is 11.3 Å². The van der Waals surface area contributed by atoms with Crippen LogP contribution in [0.1, 0.15) is 16.9 Å². The van der Waals surface area contributed by atoms with Gasteiger partial charge in [-0.15, -0.1) is 11.3 Å². The molecule has 1 atom stereocenters. The van der Waals surface area contributed by atoms with Crippen LogP contribution in [0.15, 0.2) is 0 Å². The summed E-state index contributed by atoms with van der Waals surface area (Å²) < 4.78 is 5.27. The van der Waals surface area contributed by atoms with Gasteiger partial charge in [-0.2, -0.15) is 10.5 Å². The van der Waals surface area contributed by atoms with Gasteiger partial charge in [0.2, 0.25) is 0 Å². The molecular formula is C11H12N4OS. The smallest absolute Gasteiger partial charge is 0.131 e. The van der Waals surface area contributed by atoms with Gasteiger partial charge in [0.15, 0.2) is 0 Å². The second kappa shape index (κ2) is 5.05. The number of nitrogens with two attached hydrogens (primary N) is 1. The lowest BCUT2D eigenvalue weighted by Crippen LogP contribution is -2.13. The molecule has 0 radical (unpaired) electrons. The Balaban J connectivity index is 2.10. The number of anilines is 2. The number of nitrogens with zero attached hydrogens (tertiary/aromatic N) is 2. The summed E-state index contributed by atoms with van der Waals surface area (Å²) in [5.41, 5.74) is 6.37. The molecular weight excluding hydrogens is 236 g/mol. The summed E-state index contributed by atoms with van der Waals surface area (Å²) in [5, 5.41) is 21.7. The van der Waals surface area contributed by atoms with E-state index in [9.17, 15) is 0 Å². The van der Waals surface area contributed by atoms with E-state index in [0.717, 1.165) is 26.2 Å². The zero-order valence-electron chi connectivity index (χ0n) is 9.19. The highest BCUT2D eigenvalue weighted by molar-refractivity contribution is 7.17. The van der Waals surface area contributed by atoms with Crippen LogP contribution in [-0.4, -0.2) is 19.8 Å². The number of hydrogen-bond donors (Lipinski definition) is 2. The molecule has 6 heteroatoms. The lowest BCUT2D eigenvalue weighted by Gasteiger charge is -2.08. The van der Waals surface area contributed by atoms with Crippen LogP contribution in [-0.2, 0) is 4.74 Å². The molecule has 1 unspecified atom stereocenters. The Kier molecular flexibility index (Phi) is 3.48. The van der Waals surface area contributed by atoms with Crippen LogP contribution in [0.25, 0.3) is 0 Å². The van der Waals surface area contributed by atoms with E-state index in [1.807, 2.05) is 12.1 Å². The van der Waals surface area contributed by atoms with Gasteiger partial charge in [-0.05, 0) is 6.42 Å². The maximum absolute atomic E-state index is 9.00. The zero-order chi connectivity index (χ0) is 12.3. The lowest BCUT2D eigenvalue weighted by atomic mass is 10.1. The van der Waals surface area contributed by atoms with Crippen molar-refractivity contribution in [3.05, 3.63) is 10.4 Å². The van der Waals surface area contributed by atoms with Crippen LogP contribution in [0.5, 0.6) is 0 Å². The average Bonchev–Trinajstić information content (AvgIpc) is 2.94. The molecule has 1 aliphatic rings. The van der Waals surface area contributed by atoms with Gasteiger partial charge < -0.3 is 15.8 Å². The van der Waals surface area contributed by atoms with Gasteiger partial charge in [0.25, 0.3) is 0 Å². The van der Waals surface area contributed by atoms with E-state index in [2.05, 4.69) is 5.32 Å². The van der Waals surface area contributed by atoms with Crippen molar-refractivity contribution in [2.24, 2.45) is 5.92 Å². The van der Waals surface area contributed by atoms with Crippen molar-refractivity contribution in [1.29, 1.82) is 10.5 Å². The molecule has 1 aromatic heterocycles. The Bertz CT molecular complexity index is 491. The van der Waals surface area contributed by atoms with Crippen molar-refractivity contribution in [2.75, 3.05) is 30.8 Å². The summed E-state index contributed by atoms with van der Waals surface area (Å²) in [6, 6.07) is 4.03. The van der Waals surface area contributed by atoms with Crippen molar-refractivity contribution in [1.82, 2.24) is 0 Å². The number of nitriles is 2. The van der Waals surface area contributed by atoms with Crippen molar-refractivity contribution in [3.8, 4) is 12.1 Å². The molecule has 0 saturated carbocycles. The standard InChI is InChI=1S/C11H12N4OS/c12-3-8-10(14)9(4-13)17-11(8)15-5-7-1-2-16-6-7/h7,15H,1-2,5-6,14H2. The van der Waals surface area contributed by atoms with E-state index < -0.39 is 0 Å². The minimum absolute atomic E-state index is 0.283. The first kappa shape index (κ1) is 11.7. The molecule has 2 heterocycles. The van der Waals surface area contributed by atoms with Gasteiger partial charge in [-0.25, -0.2) is 0 Å². The van der Waals surface area contributed by atoms with Gasteiger partial charge in [0.1, 0.15) is 27.6 Å². The summed E-state index contributed by atoms with van der Waals surface area (Å²) in [4.78, 5) is 0.395. The highest BCUT2D eigenvalue weighted by Crippen LogP contribution is 2.34. The van der Waals surface area contributed by atoms with Crippen LogP contribution in [0.4, 0.5) is 10.7 Å². The third kappa shape index (κ3) is 2.33. The second-order valence-corrected chi connectivity index (χ2v) is 4.90. The van der Waals surface area contributed by atoms with Gasteiger partial charge in [-0.1, -0.05) is 0 Å². The Morgan fingerprint density at radius 2 is 2.29 bits per heavy atom. The highest BCUT2D eigenvalue weighted by Gasteiger charge is 2.19. The van der Waals surface area contributed by atoms with E-state index in [-0.39, 0.29) is 5.69 Å². The fraction of sp³-hybridized carbons (Fsp3) is 0.455. The third-order valence-electron chi connectivity index (χ3n) is 2.73. The van der Waals surface area contributed by atoms with Gasteiger partial charge in [-0.3, -0.25) is 0 Å². The summed E-state index contributed by atoms with van der Waals surface area (Å²) in [6.07, 6.45) is 1.03. The fourth-order valence-corrected chi connectivity index (χ4v) is 2.62. The number of ether oxygens (including phenoxy) is 1. The highest BCUT2D eigenvalue weighted by atomic mass is 32.1. The Morgan fingerprint density at radius 3 is 2.88 bits per heavy atom. The molecule has 0 aromatic carbocycles. The molecule has 0 spiro atoms. The number of rotatable bonds is 3. The van der Waals surface area contributed by atoms with Crippen molar-refractivity contribution in [3.63, 3.8) is 0 Å². The SMILES string of the molecule is N#Cc1sc(NCC2CCOC2)c(C#N)c1N. The number of thiophene rings is 1. The number of nitrogens with one attached hydrogen (secondary N) is 1. The van der Waals surface area contributed by atoms with E-state index in [1.54, 1.807) is 0 Å². The fourth-order valence-electron chi connectivity index (χ4n) is 1.74. The Hall–Kier alpha value is -1.76. The average molecular weight is 248 g/mol. The van der Waals surface area contributed by atoms with E-state index in [0.29, 0.717) is 21.4 Å². The third-order valence-corrected chi connectivity index (χ3v) is 3.80. The second-order valence-electron chi connectivity index (χ2n) is 3.88. The molecule has 88 valence electrons. The van der Waals surface area contributed by atoms with Gasteiger partial charge in [0.05, 0.1) is 12.3 Å². The Labute approximate surface area is 103 Å². The van der Waals surface area contributed by atoms with Crippen LogP contribution < -0.4 is 11.1 Å². The van der Waals surface area contributed by atoms with Gasteiger partial charge in [0, 0.05) is 19.1 Å². The quantitative estimate of drug-likeness (QED) is 0.845. The Morgan fingerprint density at radius 1 is 1.47 bits per heavy atom. The molecule has 1 fully saturated rings. The monoisotopic (exact) mass is 248 g/mol. The topological polar surface area (TPSA) is 94.9 Å². The van der Waals surface area contributed by atoms with Gasteiger partial charge >= 0.3 is 0 Å². The van der Waals surface area contributed by atoms with E-state index >= 15 is 0 Å². The summed E-state index contributed by atoms with van der Waals surface area (Å²) in [5.74, 6) is 0.468. The van der Waals surface area contributed by atoms with Crippen LogP contribution in [0.2, 0.25) is 0 Å². The summed E-state index contributed by atoms with van der Waals surface area (Å²) in [6.45, 7) is 2.30. The predicted molar refractivity (Wildman–Crippen MR) is 65.6 cm³/mol. The minimum atomic E-state index is 0.283. The minimum Gasteiger partial charge on any atom is -0.396 e.